The lowest BCUT2D eigenvalue weighted by molar-refractivity contribution is 0.0691. The van der Waals surface area contributed by atoms with Crippen molar-refractivity contribution in [2.24, 2.45) is 0 Å². The van der Waals surface area contributed by atoms with Gasteiger partial charge in [0.15, 0.2) is 0 Å². The molecule has 0 fully saturated rings. The number of hydrogen-bond donors (Lipinski definition) is 1. The molecule has 4 heteroatoms. The van der Waals surface area contributed by atoms with Crippen molar-refractivity contribution in [1.29, 1.82) is 0 Å². The Morgan fingerprint density at radius 3 is 2.03 bits per heavy atom. The molecule has 0 aliphatic heterocycles. The van der Waals surface area contributed by atoms with Gasteiger partial charge in [0.05, 0.1) is 0 Å². The number of ether oxygens (including phenoxy) is 1. The predicted molar refractivity (Wildman–Crippen MR) is 134 cm³/mol. The highest BCUT2D eigenvalue weighted by Crippen LogP contribution is 2.37. The van der Waals surface area contributed by atoms with Crippen LogP contribution in [0, 0.1) is 0 Å². The van der Waals surface area contributed by atoms with Crippen LogP contribution in [0.4, 0.5) is 0 Å². The summed E-state index contributed by atoms with van der Waals surface area (Å²) in [6.07, 6.45) is 0.866. The second-order valence-electron chi connectivity index (χ2n) is 8.98. The molecule has 1 unspecified atom stereocenters. The zero-order valence-corrected chi connectivity index (χ0v) is 20.1. The molecule has 0 spiro atoms. The van der Waals surface area contributed by atoms with Crippen molar-refractivity contribution in [3.63, 3.8) is 0 Å². The molecule has 174 valence electrons. The molecule has 3 rings (SSSR count). The van der Waals surface area contributed by atoms with E-state index >= 15 is 0 Å². The average molecular weight is 446 g/mol. The number of hydrogen-bond acceptors (Lipinski definition) is 3. The fourth-order valence-electron chi connectivity index (χ4n) is 4.47. The smallest absolute Gasteiger partial charge is 0.339 e. The zero-order chi connectivity index (χ0) is 23.8. The van der Waals surface area contributed by atoms with Gasteiger partial charge in [-0.15, -0.1) is 0 Å². The molecule has 0 heterocycles. The van der Waals surface area contributed by atoms with Gasteiger partial charge in [-0.05, 0) is 57.9 Å². The van der Waals surface area contributed by atoms with Crippen molar-refractivity contribution in [2.45, 2.75) is 58.7 Å². The molecule has 0 aliphatic carbocycles. The molecule has 0 aromatic heterocycles. The molecule has 1 N–H and O–H groups in total. The van der Waals surface area contributed by atoms with E-state index in [1.54, 1.807) is 6.07 Å². The monoisotopic (exact) mass is 445 g/mol. The number of carboxylic acids is 1. The fraction of sp³-hybridized carbons (Fsp3) is 0.345. The molecule has 0 radical (unpaired) electrons. The Hall–Kier alpha value is -3.11. The summed E-state index contributed by atoms with van der Waals surface area (Å²) in [5.74, 6) is -0.489. The molecule has 3 aromatic rings. The van der Waals surface area contributed by atoms with Gasteiger partial charge < -0.3 is 9.84 Å². The van der Waals surface area contributed by atoms with Crippen LogP contribution in [0.2, 0.25) is 0 Å². The highest BCUT2D eigenvalue weighted by atomic mass is 16.5. The summed E-state index contributed by atoms with van der Waals surface area (Å²) in [5, 5.41) is 9.92. The Labute approximate surface area is 197 Å². The van der Waals surface area contributed by atoms with Gasteiger partial charge in [0, 0.05) is 23.6 Å². The van der Waals surface area contributed by atoms with Crippen molar-refractivity contribution >= 4 is 5.97 Å². The Bertz CT molecular complexity index is 1010. The lowest BCUT2D eigenvalue weighted by atomic mass is 9.86. The van der Waals surface area contributed by atoms with E-state index < -0.39 is 5.97 Å². The quantitative estimate of drug-likeness (QED) is 0.361. The van der Waals surface area contributed by atoms with Crippen LogP contribution >= 0.6 is 0 Å². The van der Waals surface area contributed by atoms with E-state index in [2.05, 4.69) is 44.7 Å². The van der Waals surface area contributed by atoms with E-state index in [9.17, 15) is 9.90 Å². The van der Waals surface area contributed by atoms with Crippen molar-refractivity contribution in [1.82, 2.24) is 4.90 Å². The third-order valence-electron chi connectivity index (χ3n) is 6.08. The molecule has 33 heavy (non-hydrogen) atoms. The minimum Gasteiger partial charge on any atom is -0.488 e. The highest BCUT2D eigenvalue weighted by Gasteiger charge is 2.25. The summed E-state index contributed by atoms with van der Waals surface area (Å²) in [5.41, 5.74) is 3.29. The average Bonchev–Trinajstić information content (AvgIpc) is 2.81. The number of nitrogens with zero attached hydrogens (tertiary/aromatic N) is 1. The SMILES string of the molecule is CC(C)N(CCC(c1ccccc1)c1cccc(C(=O)O)c1OCc1ccccc1)C(C)C. The van der Waals surface area contributed by atoms with Crippen molar-refractivity contribution in [3.8, 4) is 5.75 Å². The summed E-state index contributed by atoms with van der Waals surface area (Å²) in [4.78, 5) is 14.6. The minimum absolute atomic E-state index is 0.0243. The van der Waals surface area contributed by atoms with Gasteiger partial charge in [0.2, 0.25) is 0 Å². The maximum Gasteiger partial charge on any atom is 0.339 e. The molecule has 1 atom stereocenters. The Balaban J connectivity index is 2.01. The number of rotatable bonds is 11. The standard InChI is InChI=1S/C29H35NO3/c1-21(2)30(22(3)4)19-18-25(24-14-9-6-10-15-24)26-16-11-17-27(29(31)32)28(26)33-20-23-12-7-5-8-13-23/h5-17,21-22,25H,18-20H2,1-4H3,(H,31,32). The maximum absolute atomic E-state index is 12.1. The zero-order valence-electron chi connectivity index (χ0n) is 20.1. The van der Waals surface area contributed by atoms with Crippen LogP contribution in [0.1, 0.15) is 67.1 Å². The summed E-state index contributed by atoms with van der Waals surface area (Å²) < 4.78 is 6.23. The second-order valence-corrected chi connectivity index (χ2v) is 8.98. The number of para-hydroxylation sites is 1. The van der Waals surface area contributed by atoms with Crippen LogP contribution in [0.25, 0.3) is 0 Å². The van der Waals surface area contributed by atoms with Crippen molar-refractivity contribution < 1.29 is 14.6 Å². The predicted octanol–water partition coefficient (Wildman–Crippen LogP) is 6.60. The van der Waals surface area contributed by atoms with E-state index in [0.29, 0.717) is 24.4 Å². The van der Waals surface area contributed by atoms with E-state index in [0.717, 1.165) is 29.7 Å². The van der Waals surface area contributed by atoms with Gasteiger partial charge in [0.1, 0.15) is 17.9 Å². The molecule has 3 aromatic carbocycles. The topological polar surface area (TPSA) is 49.8 Å². The second kappa shape index (κ2) is 11.7. The first-order valence-electron chi connectivity index (χ1n) is 11.7. The molecule has 0 saturated heterocycles. The highest BCUT2D eigenvalue weighted by molar-refractivity contribution is 5.91. The van der Waals surface area contributed by atoms with Crippen LogP contribution in [0.5, 0.6) is 5.75 Å². The largest absolute Gasteiger partial charge is 0.488 e. The molecule has 0 amide bonds. The van der Waals surface area contributed by atoms with Crippen molar-refractivity contribution in [3.05, 3.63) is 101 Å². The first-order chi connectivity index (χ1) is 15.9. The fourth-order valence-corrected chi connectivity index (χ4v) is 4.47. The number of benzene rings is 3. The minimum atomic E-state index is -0.974. The molecular weight excluding hydrogens is 410 g/mol. The van der Waals surface area contributed by atoms with Crippen LogP contribution in [-0.2, 0) is 6.61 Å². The lowest BCUT2D eigenvalue weighted by Gasteiger charge is -2.32. The van der Waals surface area contributed by atoms with E-state index in [1.807, 2.05) is 60.7 Å². The first kappa shape index (κ1) is 24.5. The Morgan fingerprint density at radius 1 is 0.848 bits per heavy atom. The van der Waals surface area contributed by atoms with Crippen LogP contribution < -0.4 is 4.74 Å². The summed E-state index contributed by atoms with van der Waals surface area (Å²) in [6.45, 7) is 10.1. The number of aromatic carboxylic acids is 1. The van der Waals surface area contributed by atoms with Gasteiger partial charge in [-0.1, -0.05) is 72.8 Å². The molecule has 0 aliphatic rings. The molecule has 0 bridgehead atoms. The summed E-state index contributed by atoms with van der Waals surface area (Å²) in [7, 11) is 0. The van der Waals surface area contributed by atoms with Gasteiger partial charge in [-0.3, -0.25) is 4.90 Å². The number of carboxylic acid groups (broad SMARTS) is 1. The van der Waals surface area contributed by atoms with Crippen LogP contribution in [0.15, 0.2) is 78.9 Å². The van der Waals surface area contributed by atoms with Crippen LogP contribution in [-0.4, -0.2) is 34.6 Å². The maximum atomic E-state index is 12.1. The van der Waals surface area contributed by atoms with E-state index in [4.69, 9.17) is 4.74 Å². The van der Waals surface area contributed by atoms with Gasteiger partial charge in [-0.25, -0.2) is 4.79 Å². The molecule has 4 nitrogen and oxygen atoms in total. The lowest BCUT2D eigenvalue weighted by Crippen LogP contribution is -2.38. The van der Waals surface area contributed by atoms with E-state index in [1.165, 1.54) is 0 Å². The van der Waals surface area contributed by atoms with Gasteiger partial charge in [-0.2, -0.15) is 0 Å². The Kier molecular flexibility index (Phi) is 8.67. The summed E-state index contributed by atoms with van der Waals surface area (Å²) >= 11 is 0. The third kappa shape index (κ3) is 6.45. The van der Waals surface area contributed by atoms with Crippen LogP contribution in [0.3, 0.4) is 0 Å². The molecule has 0 saturated carbocycles. The van der Waals surface area contributed by atoms with E-state index in [-0.39, 0.29) is 11.5 Å². The van der Waals surface area contributed by atoms with Gasteiger partial charge >= 0.3 is 5.97 Å². The summed E-state index contributed by atoms with van der Waals surface area (Å²) in [6, 6.07) is 26.5. The van der Waals surface area contributed by atoms with Crippen molar-refractivity contribution in [2.75, 3.05) is 6.54 Å². The molecular formula is C29H35NO3. The third-order valence-corrected chi connectivity index (χ3v) is 6.08. The normalized spacial score (nSPS) is 12.3. The van der Waals surface area contributed by atoms with Gasteiger partial charge in [0.25, 0.3) is 0 Å². The first-order valence-corrected chi connectivity index (χ1v) is 11.7. The number of carbonyl (C=O) groups is 1. The Morgan fingerprint density at radius 2 is 1.45 bits per heavy atom.